The Hall–Kier alpha value is -3.48. The van der Waals surface area contributed by atoms with Crippen LogP contribution in [0, 0.1) is 22.7 Å². The molecule has 0 aromatic carbocycles. The van der Waals surface area contributed by atoms with E-state index in [0.29, 0.717) is 34.7 Å². The topological polar surface area (TPSA) is 96.8 Å². The minimum Gasteiger partial charge on any atom is -0.341 e. The van der Waals surface area contributed by atoms with Crippen molar-refractivity contribution in [3.05, 3.63) is 53.9 Å². The summed E-state index contributed by atoms with van der Waals surface area (Å²) in [6.07, 6.45) is 17.5. The Morgan fingerprint density at radius 3 is 1.60 bits per heavy atom. The van der Waals surface area contributed by atoms with Crippen molar-refractivity contribution < 1.29 is 0 Å². The van der Waals surface area contributed by atoms with Gasteiger partial charge in [0.2, 0.25) is 17.8 Å². The monoisotopic (exact) mass is 817 g/mol. The van der Waals surface area contributed by atoms with Gasteiger partial charge in [-0.2, -0.15) is 0 Å². The van der Waals surface area contributed by atoms with Gasteiger partial charge in [0.25, 0.3) is 0 Å². The standard InChI is InChI=1S/C48H72N12/c1-33(2)57-25-35-27-58(28-36(35)26-57)41-51-21-38(22-52-41)44(6,7)46(10)39-23-53-42(54-24-39)59-29-47(30-59)11-15-55(16-12-47)34(3)45(8,9)60-31-48(32-60)13-17-56(18-14-48)40-49-19-37(20-50-40)43(46,4)5/h19-24,33-36H,11-18,25-32H2,1-10H3. The number of aromatic nitrogens is 6. The normalized spacial score (nSPS) is 32.9. The van der Waals surface area contributed by atoms with Crippen molar-refractivity contribution in [2.75, 3.05) is 93.2 Å². The van der Waals surface area contributed by atoms with Crippen LogP contribution in [-0.2, 0) is 16.2 Å². The van der Waals surface area contributed by atoms with E-state index in [1.807, 2.05) is 0 Å². The molecule has 0 N–H and O–H groups in total. The van der Waals surface area contributed by atoms with E-state index in [1.165, 1.54) is 65.0 Å². The second-order valence-corrected chi connectivity index (χ2v) is 22.7. The van der Waals surface area contributed by atoms with Crippen molar-refractivity contribution in [3.8, 4) is 0 Å². The highest BCUT2D eigenvalue weighted by molar-refractivity contribution is 5.46. The minimum atomic E-state index is -0.506. The summed E-state index contributed by atoms with van der Waals surface area (Å²) in [5, 5.41) is 0. The highest BCUT2D eigenvalue weighted by Gasteiger charge is 2.56. The van der Waals surface area contributed by atoms with Crippen LogP contribution in [-0.4, -0.2) is 141 Å². The molecular formula is C48H72N12. The molecule has 60 heavy (non-hydrogen) atoms. The lowest BCUT2D eigenvalue weighted by atomic mass is 9.48. The van der Waals surface area contributed by atoms with Crippen molar-refractivity contribution in [3.63, 3.8) is 0 Å². The van der Waals surface area contributed by atoms with E-state index < -0.39 is 16.2 Å². The Morgan fingerprint density at radius 2 is 1.05 bits per heavy atom. The molecule has 0 aliphatic carbocycles. The zero-order valence-corrected chi connectivity index (χ0v) is 38.5. The van der Waals surface area contributed by atoms with Crippen molar-refractivity contribution >= 4 is 17.8 Å². The Kier molecular flexibility index (Phi) is 9.48. The smallest absolute Gasteiger partial charge is 0.225 e. The SMILES string of the molecule is CC(C)N1CC2CN(c3ncc(C(C)(C)C4(C)c5cnc(nc5)N5CC6(CCN(CC6)C(C)C(C)(C)N6CC7(CCN(CC7)c7ncc(cn7)C4(C)C)C6)C5)cn3)CC2C1. The van der Waals surface area contributed by atoms with Crippen molar-refractivity contribution in [2.45, 2.75) is 129 Å². The van der Waals surface area contributed by atoms with Crippen LogP contribution in [0.4, 0.5) is 17.8 Å². The number of fused-ring (bicyclic) bond motifs is 1. The summed E-state index contributed by atoms with van der Waals surface area (Å²) >= 11 is 0. The van der Waals surface area contributed by atoms with Gasteiger partial charge in [-0.1, -0.05) is 34.6 Å². The van der Waals surface area contributed by atoms with E-state index in [4.69, 9.17) is 29.9 Å². The van der Waals surface area contributed by atoms with Crippen LogP contribution in [0.25, 0.3) is 0 Å². The first-order valence-electron chi connectivity index (χ1n) is 23.4. The van der Waals surface area contributed by atoms with Gasteiger partial charge in [0.05, 0.1) is 0 Å². The molecule has 17 aliphatic rings. The maximum atomic E-state index is 5.17. The maximum absolute atomic E-state index is 5.17. The van der Waals surface area contributed by atoms with Crippen LogP contribution in [0.15, 0.2) is 37.2 Å². The first-order chi connectivity index (χ1) is 28.4. The quantitative estimate of drug-likeness (QED) is 0.308. The fourth-order valence-corrected chi connectivity index (χ4v) is 13.0. The highest BCUT2D eigenvalue weighted by atomic mass is 15.4. The van der Waals surface area contributed by atoms with E-state index >= 15 is 0 Å². The molecule has 0 saturated carbocycles. The first kappa shape index (κ1) is 40.6. The van der Waals surface area contributed by atoms with Gasteiger partial charge in [-0.05, 0) is 107 Å². The summed E-state index contributed by atoms with van der Waals surface area (Å²) in [5.41, 5.74) is 2.87. The lowest BCUT2D eigenvalue weighted by Crippen LogP contribution is -2.71. The Balaban J connectivity index is 0.964. The molecule has 2 spiro atoms. The Bertz CT molecular complexity index is 2000. The second-order valence-electron chi connectivity index (χ2n) is 22.7. The molecular weight excluding hydrogens is 745 g/mol. The summed E-state index contributed by atoms with van der Waals surface area (Å²) in [6, 6.07) is 1.12. The molecule has 12 nitrogen and oxygen atoms in total. The number of piperidine rings is 2. The maximum Gasteiger partial charge on any atom is 0.225 e. The first-order valence-corrected chi connectivity index (χ1v) is 23.4. The van der Waals surface area contributed by atoms with E-state index in [-0.39, 0.29) is 5.54 Å². The zero-order chi connectivity index (χ0) is 42.0. The van der Waals surface area contributed by atoms with E-state index in [1.54, 1.807) is 0 Å². The van der Waals surface area contributed by atoms with Crippen LogP contribution in [0.2, 0.25) is 0 Å². The van der Waals surface area contributed by atoms with Gasteiger partial charge in [0.1, 0.15) is 0 Å². The number of nitrogens with zero attached hydrogens (tertiary/aromatic N) is 12. The van der Waals surface area contributed by atoms with Crippen molar-refractivity contribution in [1.29, 1.82) is 0 Å². The molecule has 20 rings (SSSR count). The molecule has 10 bridgehead atoms. The zero-order valence-electron chi connectivity index (χ0n) is 38.5. The largest absolute Gasteiger partial charge is 0.341 e. The fourth-order valence-electron chi connectivity index (χ4n) is 13.0. The highest BCUT2D eigenvalue weighted by Crippen LogP contribution is 2.56. The molecule has 12 heteroatoms. The summed E-state index contributed by atoms with van der Waals surface area (Å²) in [7, 11) is 0. The molecule has 3 aromatic rings. The van der Waals surface area contributed by atoms with Crippen LogP contribution >= 0.6 is 0 Å². The molecule has 0 radical (unpaired) electrons. The van der Waals surface area contributed by atoms with Crippen LogP contribution in [0.1, 0.15) is 112 Å². The van der Waals surface area contributed by atoms with Crippen LogP contribution < -0.4 is 14.7 Å². The summed E-state index contributed by atoms with van der Waals surface area (Å²) in [6.45, 7) is 37.2. The molecule has 6 saturated heterocycles. The molecule has 3 aromatic heterocycles. The van der Waals surface area contributed by atoms with Crippen LogP contribution in [0.3, 0.4) is 0 Å². The number of anilines is 3. The summed E-state index contributed by atoms with van der Waals surface area (Å²) < 4.78 is 0. The summed E-state index contributed by atoms with van der Waals surface area (Å²) in [5.74, 6) is 3.92. The lowest BCUT2D eigenvalue weighted by molar-refractivity contribution is -0.109. The minimum absolute atomic E-state index is 0.149. The van der Waals surface area contributed by atoms with Gasteiger partial charge in [0, 0.05) is 142 Å². The van der Waals surface area contributed by atoms with Gasteiger partial charge in [-0.15, -0.1) is 0 Å². The van der Waals surface area contributed by atoms with E-state index in [9.17, 15) is 0 Å². The van der Waals surface area contributed by atoms with Crippen LogP contribution in [0.5, 0.6) is 0 Å². The second kappa shape index (κ2) is 14.0. The predicted molar refractivity (Wildman–Crippen MR) is 240 cm³/mol. The van der Waals surface area contributed by atoms with E-state index in [0.717, 1.165) is 73.8 Å². The van der Waals surface area contributed by atoms with E-state index in [2.05, 4.69) is 136 Å². The third-order valence-electron chi connectivity index (χ3n) is 18.7. The average Bonchev–Trinajstić information content (AvgIpc) is 3.82. The van der Waals surface area contributed by atoms with Gasteiger partial charge in [-0.3, -0.25) is 9.80 Å². The van der Waals surface area contributed by atoms with Crippen molar-refractivity contribution in [1.82, 2.24) is 44.6 Å². The third kappa shape index (κ3) is 6.21. The molecule has 20 heterocycles. The summed E-state index contributed by atoms with van der Waals surface area (Å²) in [4.78, 5) is 46.2. The van der Waals surface area contributed by atoms with Gasteiger partial charge in [-0.25, -0.2) is 29.9 Å². The third-order valence-corrected chi connectivity index (χ3v) is 18.7. The average molecular weight is 817 g/mol. The molecule has 17 aliphatic heterocycles. The fraction of sp³-hybridized carbons (Fsp3) is 0.750. The molecule has 6 fully saturated rings. The van der Waals surface area contributed by atoms with Gasteiger partial charge >= 0.3 is 0 Å². The Labute approximate surface area is 360 Å². The number of hydrogen-bond donors (Lipinski definition) is 0. The number of hydrogen-bond acceptors (Lipinski definition) is 12. The Morgan fingerprint density at radius 1 is 0.583 bits per heavy atom. The molecule has 4 atom stereocenters. The van der Waals surface area contributed by atoms with Gasteiger partial charge < -0.3 is 19.6 Å². The number of rotatable bonds is 4. The lowest BCUT2D eigenvalue weighted by Gasteiger charge is -2.62. The van der Waals surface area contributed by atoms with Gasteiger partial charge in [0.15, 0.2) is 0 Å². The molecule has 324 valence electrons. The molecule has 0 amide bonds. The number of likely N-dealkylation sites (tertiary alicyclic amines) is 1. The molecule has 4 unspecified atom stereocenters. The van der Waals surface area contributed by atoms with Crippen molar-refractivity contribution in [2.24, 2.45) is 22.7 Å². The predicted octanol–water partition coefficient (Wildman–Crippen LogP) is 6.03.